The molecular weight excluding hydrogens is 447 g/mol. The van der Waals surface area contributed by atoms with Crippen molar-refractivity contribution in [1.82, 2.24) is 4.90 Å². The molecule has 3 rings (SSSR count). The van der Waals surface area contributed by atoms with E-state index in [2.05, 4.69) is 10.2 Å². The molecule has 2 aromatic carbocycles. The van der Waals surface area contributed by atoms with E-state index in [0.717, 1.165) is 25.6 Å². The average molecular weight is 478 g/mol. The van der Waals surface area contributed by atoms with Crippen molar-refractivity contribution in [2.24, 2.45) is 0 Å². The fourth-order valence-corrected chi connectivity index (χ4v) is 3.60. The summed E-state index contributed by atoms with van der Waals surface area (Å²) in [6, 6.07) is 9.18. The summed E-state index contributed by atoms with van der Waals surface area (Å²) in [5.41, 5.74) is -0.00514. The summed E-state index contributed by atoms with van der Waals surface area (Å²) in [5, 5.41) is 2.36. The molecule has 0 saturated carbocycles. The fraction of sp³-hybridized carbons (Fsp3) is 0.400. The largest absolute Gasteiger partial charge is 0.493 e. The van der Waals surface area contributed by atoms with Gasteiger partial charge in [0.2, 0.25) is 5.91 Å². The van der Waals surface area contributed by atoms with Gasteiger partial charge in [0.15, 0.2) is 11.5 Å². The minimum atomic E-state index is -4.60. The van der Waals surface area contributed by atoms with Crippen LogP contribution < -0.4 is 19.7 Å². The third kappa shape index (κ3) is 6.66. The molecule has 0 atom stereocenters. The Bertz CT molecular complexity index is 1020. The van der Waals surface area contributed by atoms with Gasteiger partial charge < -0.3 is 24.6 Å². The van der Waals surface area contributed by atoms with Crippen LogP contribution in [0, 0.1) is 0 Å². The Balaban J connectivity index is 1.74. The zero-order valence-electron chi connectivity index (χ0n) is 19.6. The number of rotatable bonds is 8. The van der Waals surface area contributed by atoms with Gasteiger partial charge >= 0.3 is 6.18 Å². The summed E-state index contributed by atoms with van der Waals surface area (Å²) < 4.78 is 52.2. The highest BCUT2D eigenvalue weighted by atomic mass is 19.4. The van der Waals surface area contributed by atoms with Gasteiger partial charge in [-0.25, -0.2) is 0 Å². The second-order valence-electron chi connectivity index (χ2n) is 8.10. The molecule has 1 heterocycles. The lowest BCUT2D eigenvalue weighted by molar-refractivity contribution is -0.136. The maximum absolute atomic E-state index is 13.7. The highest BCUT2D eigenvalue weighted by molar-refractivity contribution is 6.02. The second-order valence-corrected chi connectivity index (χ2v) is 8.10. The Kier molecular flexibility index (Phi) is 8.44. The molecule has 6 nitrogen and oxygen atoms in total. The normalized spacial score (nSPS) is 14.9. The van der Waals surface area contributed by atoms with Gasteiger partial charge in [0.05, 0.1) is 25.0 Å². The summed E-state index contributed by atoms with van der Waals surface area (Å²) in [5.74, 6) is 0.430. The second kappa shape index (κ2) is 11.3. The van der Waals surface area contributed by atoms with Gasteiger partial charge in [-0.2, -0.15) is 13.2 Å². The van der Waals surface area contributed by atoms with Crippen molar-refractivity contribution in [3.8, 4) is 11.5 Å². The number of likely N-dealkylation sites (N-methyl/N-ethyl adjacent to an activating group) is 1. The standard InChI is InChI=1S/C25H30F3N3O3/c1-4-15-34-22-9-5-18(16-23(22)33-3)6-10-24(32)29-21-8-7-19(17-20(21)25(26,27)28)31-13-11-30(2)12-14-31/h5-10,16-17H,4,11-15H2,1-3H3,(H,29,32). The van der Waals surface area contributed by atoms with Crippen LogP contribution in [0.15, 0.2) is 42.5 Å². The number of carbonyl (C=O) groups is 1. The van der Waals surface area contributed by atoms with E-state index in [-0.39, 0.29) is 5.69 Å². The first kappa shape index (κ1) is 25.4. The van der Waals surface area contributed by atoms with Crippen LogP contribution in [-0.2, 0) is 11.0 Å². The Morgan fingerprint density at radius 3 is 2.47 bits per heavy atom. The van der Waals surface area contributed by atoms with Crippen molar-refractivity contribution in [3.63, 3.8) is 0 Å². The first-order valence-corrected chi connectivity index (χ1v) is 11.2. The molecule has 184 valence electrons. The topological polar surface area (TPSA) is 54.0 Å². The van der Waals surface area contributed by atoms with E-state index in [0.29, 0.717) is 42.4 Å². The SMILES string of the molecule is CCCOc1ccc(C=CC(=O)Nc2ccc(N3CCN(C)CC3)cc2C(F)(F)F)cc1OC. The number of methoxy groups -OCH3 is 1. The molecule has 1 N–H and O–H groups in total. The summed E-state index contributed by atoms with van der Waals surface area (Å²) in [7, 11) is 3.49. The predicted molar refractivity (Wildman–Crippen MR) is 128 cm³/mol. The highest BCUT2D eigenvalue weighted by Gasteiger charge is 2.34. The fourth-order valence-electron chi connectivity index (χ4n) is 3.60. The van der Waals surface area contributed by atoms with Crippen LogP contribution in [0.25, 0.3) is 6.08 Å². The summed E-state index contributed by atoms with van der Waals surface area (Å²) in [6.45, 7) is 5.39. The maximum atomic E-state index is 13.7. The third-order valence-corrected chi connectivity index (χ3v) is 5.51. The van der Waals surface area contributed by atoms with Crippen molar-refractivity contribution >= 4 is 23.4 Å². The number of alkyl halides is 3. The van der Waals surface area contributed by atoms with E-state index in [4.69, 9.17) is 9.47 Å². The number of nitrogens with one attached hydrogen (secondary N) is 1. The number of piperazine rings is 1. The minimum Gasteiger partial charge on any atom is -0.493 e. The lowest BCUT2D eigenvalue weighted by Crippen LogP contribution is -2.44. The van der Waals surface area contributed by atoms with Crippen molar-refractivity contribution in [1.29, 1.82) is 0 Å². The number of carbonyl (C=O) groups excluding carboxylic acids is 1. The zero-order chi connectivity index (χ0) is 24.7. The molecule has 9 heteroatoms. The minimum absolute atomic E-state index is 0.277. The van der Waals surface area contributed by atoms with E-state index >= 15 is 0 Å². The van der Waals surface area contributed by atoms with Gasteiger partial charge in [0.1, 0.15) is 0 Å². The Hall–Kier alpha value is -3.20. The van der Waals surface area contributed by atoms with Gasteiger partial charge in [-0.3, -0.25) is 4.79 Å². The number of halogens is 3. The molecule has 0 unspecified atom stereocenters. The molecule has 1 aliphatic rings. The average Bonchev–Trinajstić information content (AvgIpc) is 2.81. The highest BCUT2D eigenvalue weighted by Crippen LogP contribution is 2.37. The van der Waals surface area contributed by atoms with Crippen molar-refractivity contribution < 1.29 is 27.4 Å². The number of benzene rings is 2. The third-order valence-electron chi connectivity index (χ3n) is 5.51. The summed E-state index contributed by atoms with van der Waals surface area (Å²) in [6.07, 6.45) is -1.05. The lowest BCUT2D eigenvalue weighted by Gasteiger charge is -2.34. The Morgan fingerprint density at radius 2 is 1.82 bits per heavy atom. The molecule has 1 aliphatic heterocycles. The lowest BCUT2D eigenvalue weighted by atomic mass is 10.1. The Morgan fingerprint density at radius 1 is 1.09 bits per heavy atom. The smallest absolute Gasteiger partial charge is 0.418 e. The number of amides is 1. The van der Waals surface area contributed by atoms with Gasteiger partial charge in [-0.1, -0.05) is 13.0 Å². The molecule has 0 bridgehead atoms. The number of nitrogens with zero attached hydrogens (tertiary/aromatic N) is 2. The van der Waals surface area contributed by atoms with E-state index in [1.165, 1.54) is 25.3 Å². The molecule has 1 saturated heterocycles. The molecule has 0 radical (unpaired) electrons. The molecule has 0 spiro atoms. The number of hydrogen-bond donors (Lipinski definition) is 1. The monoisotopic (exact) mass is 477 g/mol. The first-order chi connectivity index (χ1) is 16.2. The van der Waals surface area contributed by atoms with Crippen LogP contribution in [0.2, 0.25) is 0 Å². The van der Waals surface area contributed by atoms with E-state index in [9.17, 15) is 18.0 Å². The van der Waals surface area contributed by atoms with Gasteiger partial charge in [0, 0.05) is 37.9 Å². The van der Waals surface area contributed by atoms with Gasteiger partial charge in [-0.15, -0.1) is 0 Å². The van der Waals surface area contributed by atoms with Crippen LogP contribution >= 0.6 is 0 Å². The molecular formula is C25H30F3N3O3. The van der Waals surface area contributed by atoms with Crippen molar-refractivity contribution in [2.75, 3.05) is 57.2 Å². The summed E-state index contributed by atoms with van der Waals surface area (Å²) in [4.78, 5) is 16.5. The molecule has 2 aromatic rings. The van der Waals surface area contributed by atoms with Crippen LogP contribution in [0.5, 0.6) is 11.5 Å². The van der Waals surface area contributed by atoms with Crippen LogP contribution in [-0.4, -0.2) is 57.8 Å². The zero-order valence-corrected chi connectivity index (χ0v) is 19.6. The van der Waals surface area contributed by atoms with E-state index in [1.807, 2.05) is 18.9 Å². The van der Waals surface area contributed by atoms with E-state index in [1.54, 1.807) is 24.3 Å². The van der Waals surface area contributed by atoms with Gasteiger partial charge in [-0.05, 0) is 55.4 Å². The molecule has 1 fully saturated rings. The van der Waals surface area contributed by atoms with E-state index < -0.39 is 17.6 Å². The quantitative estimate of drug-likeness (QED) is 0.548. The molecule has 1 amide bonds. The maximum Gasteiger partial charge on any atom is 0.418 e. The number of ether oxygens (including phenoxy) is 2. The van der Waals surface area contributed by atoms with Crippen LogP contribution in [0.4, 0.5) is 24.5 Å². The van der Waals surface area contributed by atoms with Crippen molar-refractivity contribution in [3.05, 3.63) is 53.6 Å². The summed E-state index contributed by atoms with van der Waals surface area (Å²) >= 11 is 0. The van der Waals surface area contributed by atoms with Crippen LogP contribution in [0.1, 0.15) is 24.5 Å². The van der Waals surface area contributed by atoms with Gasteiger partial charge in [0.25, 0.3) is 0 Å². The van der Waals surface area contributed by atoms with Crippen molar-refractivity contribution in [2.45, 2.75) is 19.5 Å². The Labute approximate surface area is 197 Å². The molecule has 34 heavy (non-hydrogen) atoms. The molecule has 0 aromatic heterocycles. The number of anilines is 2. The molecule has 0 aliphatic carbocycles. The van der Waals surface area contributed by atoms with Crippen LogP contribution in [0.3, 0.4) is 0 Å². The predicted octanol–water partition coefficient (Wildman–Crippen LogP) is 4.91. The first-order valence-electron chi connectivity index (χ1n) is 11.2. The number of hydrogen-bond acceptors (Lipinski definition) is 5.